The van der Waals surface area contributed by atoms with E-state index in [1.807, 2.05) is 36.4 Å². The van der Waals surface area contributed by atoms with E-state index in [-0.39, 0.29) is 5.91 Å². The summed E-state index contributed by atoms with van der Waals surface area (Å²) < 4.78 is 10.9. The highest BCUT2D eigenvalue weighted by molar-refractivity contribution is 5.91. The fraction of sp³-hybridized carbons (Fsp3) is 0.292. The fourth-order valence-corrected chi connectivity index (χ4v) is 3.13. The lowest BCUT2D eigenvalue weighted by molar-refractivity contribution is -0.116. The highest BCUT2D eigenvalue weighted by atomic mass is 16.5. The molecule has 0 aliphatic carbocycles. The van der Waals surface area contributed by atoms with Crippen LogP contribution in [0.3, 0.4) is 0 Å². The molecule has 0 radical (unpaired) electrons. The summed E-state index contributed by atoms with van der Waals surface area (Å²) >= 11 is 0. The minimum atomic E-state index is -0.113. The number of amides is 1. The molecule has 5 nitrogen and oxygen atoms in total. The third kappa shape index (κ3) is 6.89. The molecule has 3 rings (SSSR count). The lowest BCUT2D eigenvalue weighted by Gasteiger charge is -2.27. The SMILES string of the molecule is C=CCOc1ccc(/C=C/C(=O)NCc2ccccc2CN2CCOCC2)cc1. The molecule has 0 unspecified atom stereocenters. The number of nitrogens with zero attached hydrogens (tertiary/aromatic N) is 1. The molecule has 29 heavy (non-hydrogen) atoms. The number of ether oxygens (including phenoxy) is 2. The quantitative estimate of drug-likeness (QED) is 0.525. The van der Waals surface area contributed by atoms with E-state index in [1.165, 1.54) is 5.56 Å². The van der Waals surface area contributed by atoms with Gasteiger partial charge in [0.15, 0.2) is 0 Å². The number of benzene rings is 2. The largest absolute Gasteiger partial charge is 0.490 e. The molecule has 152 valence electrons. The van der Waals surface area contributed by atoms with Crippen molar-refractivity contribution < 1.29 is 14.3 Å². The summed E-state index contributed by atoms with van der Waals surface area (Å²) in [5.41, 5.74) is 3.33. The van der Waals surface area contributed by atoms with Crippen LogP contribution in [0.15, 0.2) is 67.3 Å². The Labute approximate surface area is 172 Å². The van der Waals surface area contributed by atoms with Crippen molar-refractivity contribution in [2.75, 3.05) is 32.9 Å². The average molecular weight is 392 g/mol. The third-order valence-electron chi connectivity index (χ3n) is 4.74. The Bertz CT molecular complexity index is 824. The van der Waals surface area contributed by atoms with E-state index in [4.69, 9.17) is 9.47 Å². The molecule has 0 spiro atoms. The molecule has 2 aromatic carbocycles. The van der Waals surface area contributed by atoms with Crippen LogP contribution in [0.5, 0.6) is 5.75 Å². The Hall–Kier alpha value is -2.89. The van der Waals surface area contributed by atoms with Gasteiger partial charge < -0.3 is 14.8 Å². The van der Waals surface area contributed by atoms with Gasteiger partial charge in [-0.2, -0.15) is 0 Å². The lowest BCUT2D eigenvalue weighted by atomic mass is 10.1. The Balaban J connectivity index is 1.51. The van der Waals surface area contributed by atoms with Crippen LogP contribution in [0, 0.1) is 0 Å². The van der Waals surface area contributed by atoms with Gasteiger partial charge in [0, 0.05) is 32.3 Å². The lowest BCUT2D eigenvalue weighted by Crippen LogP contribution is -2.36. The molecule has 1 aliphatic heterocycles. The summed E-state index contributed by atoms with van der Waals surface area (Å²) in [6.07, 6.45) is 5.06. The van der Waals surface area contributed by atoms with Crippen LogP contribution in [0.25, 0.3) is 6.08 Å². The van der Waals surface area contributed by atoms with Crippen molar-refractivity contribution in [1.29, 1.82) is 0 Å². The summed E-state index contributed by atoms with van der Waals surface area (Å²) in [6, 6.07) is 15.8. The maximum Gasteiger partial charge on any atom is 0.244 e. The normalized spacial score (nSPS) is 14.6. The number of carbonyl (C=O) groups is 1. The zero-order valence-electron chi connectivity index (χ0n) is 16.7. The molecule has 0 saturated carbocycles. The van der Waals surface area contributed by atoms with Crippen LogP contribution in [0.4, 0.5) is 0 Å². The number of morpholine rings is 1. The van der Waals surface area contributed by atoms with E-state index in [0.29, 0.717) is 13.2 Å². The Morgan fingerprint density at radius 1 is 1.10 bits per heavy atom. The van der Waals surface area contributed by atoms with E-state index in [1.54, 1.807) is 18.2 Å². The monoisotopic (exact) mass is 392 g/mol. The van der Waals surface area contributed by atoms with Gasteiger partial charge >= 0.3 is 0 Å². The van der Waals surface area contributed by atoms with Crippen molar-refractivity contribution in [2.45, 2.75) is 13.1 Å². The van der Waals surface area contributed by atoms with E-state index in [2.05, 4.69) is 28.9 Å². The predicted molar refractivity (Wildman–Crippen MR) is 116 cm³/mol. The van der Waals surface area contributed by atoms with Gasteiger partial charge in [0.2, 0.25) is 5.91 Å². The Morgan fingerprint density at radius 2 is 1.83 bits per heavy atom. The molecule has 1 aliphatic rings. The first kappa shape index (κ1) is 20.8. The van der Waals surface area contributed by atoms with Gasteiger partial charge in [-0.15, -0.1) is 0 Å². The fourth-order valence-electron chi connectivity index (χ4n) is 3.13. The van der Waals surface area contributed by atoms with E-state index >= 15 is 0 Å². The van der Waals surface area contributed by atoms with Crippen LogP contribution in [-0.2, 0) is 22.6 Å². The van der Waals surface area contributed by atoms with Crippen molar-refractivity contribution in [3.05, 3.63) is 84.0 Å². The van der Waals surface area contributed by atoms with Crippen LogP contribution in [0.1, 0.15) is 16.7 Å². The molecular weight excluding hydrogens is 364 g/mol. The van der Waals surface area contributed by atoms with Gasteiger partial charge in [0.25, 0.3) is 0 Å². The number of hydrogen-bond donors (Lipinski definition) is 1. The zero-order chi connectivity index (χ0) is 20.3. The molecule has 2 aromatic rings. The highest BCUT2D eigenvalue weighted by Gasteiger charge is 2.12. The van der Waals surface area contributed by atoms with Crippen LogP contribution in [-0.4, -0.2) is 43.7 Å². The molecule has 1 N–H and O–H groups in total. The van der Waals surface area contributed by atoms with Gasteiger partial charge in [-0.1, -0.05) is 49.1 Å². The maximum atomic E-state index is 12.2. The van der Waals surface area contributed by atoms with E-state index in [9.17, 15) is 4.79 Å². The van der Waals surface area contributed by atoms with Crippen LogP contribution in [0.2, 0.25) is 0 Å². The van der Waals surface area contributed by atoms with Crippen LogP contribution < -0.4 is 10.1 Å². The molecule has 1 heterocycles. The molecule has 5 heteroatoms. The van der Waals surface area contributed by atoms with Crippen molar-refractivity contribution in [2.24, 2.45) is 0 Å². The van der Waals surface area contributed by atoms with Gasteiger partial charge in [-0.25, -0.2) is 0 Å². The summed E-state index contributed by atoms with van der Waals surface area (Å²) in [5, 5.41) is 2.98. The van der Waals surface area contributed by atoms with Gasteiger partial charge in [-0.3, -0.25) is 9.69 Å². The van der Waals surface area contributed by atoms with Gasteiger partial charge in [0.05, 0.1) is 13.2 Å². The van der Waals surface area contributed by atoms with Crippen molar-refractivity contribution >= 4 is 12.0 Å². The summed E-state index contributed by atoms with van der Waals surface area (Å²) in [7, 11) is 0. The summed E-state index contributed by atoms with van der Waals surface area (Å²) in [5.74, 6) is 0.668. The number of carbonyl (C=O) groups excluding carboxylic acids is 1. The Morgan fingerprint density at radius 3 is 2.55 bits per heavy atom. The zero-order valence-corrected chi connectivity index (χ0v) is 16.7. The second-order valence-electron chi connectivity index (χ2n) is 6.88. The third-order valence-corrected chi connectivity index (χ3v) is 4.74. The molecular formula is C24H28N2O3. The minimum Gasteiger partial charge on any atom is -0.490 e. The second-order valence-corrected chi connectivity index (χ2v) is 6.88. The van der Waals surface area contributed by atoms with Crippen molar-refractivity contribution in [3.8, 4) is 5.75 Å². The first-order chi connectivity index (χ1) is 14.2. The smallest absolute Gasteiger partial charge is 0.244 e. The molecule has 0 bridgehead atoms. The van der Waals surface area contributed by atoms with Gasteiger partial charge in [-0.05, 0) is 34.9 Å². The molecule has 1 saturated heterocycles. The first-order valence-corrected chi connectivity index (χ1v) is 9.91. The molecule has 1 amide bonds. The maximum absolute atomic E-state index is 12.2. The Kier molecular flexibility index (Phi) is 8.04. The number of hydrogen-bond acceptors (Lipinski definition) is 4. The topological polar surface area (TPSA) is 50.8 Å². The average Bonchev–Trinajstić information content (AvgIpc) is 2.77. The molecule has 0 aromatic heterocycles. The minimum absolute atomic E-state index is 0.113. The summed E-state index contributed by atoms with van der Waals surface area (Å²) in [4.78, 5) is 14.6. The number of rotatable bonds is 9. The highest BCUT2D eigenvalue weighted by Crippen LogP contribution is 2.14. The van der Waals surface area contributed by atoms with Crippen LogP contribution >= 0.6 is 0 Å². The van der Waals surface area contributed by atoms with Crippen molar-refractivity contribution in [3.63, 3.8) is 0 Å². The summed E-state index contributed by atoms with van der Waals surface area (Å²) in [6.45, 7) is 8.95. The molecule has 0 atom stereocenters. The first-order valence-electron chi connectivity index (χ1n) is 9.91. The molecule has 1 fully saturated rings. The predicted octanol–water partition coefficient (Wildman–Crippen LogP) is 3.41. The van der Waals surface area contributed by atoms with E-state index < -0.39 is 0 Å². The number of nitrogens with one attached hydrogen (secondary N) is 1. The van der Waals surface area contributed by atoms with Crippen molar-refractivity contribution in [1.82, 2.24) is 10.2 Å². The van der Waals surface area contributed by atoms with E-state index in [0.717, 1.165) is 49.7 Å². The standard InChI is InChI=1S/C24H28N2O3/c1-2-15-29-23-10-7-20(8-11-23)9-12-24(27)25-18-21-5-3-4-6-22(21)19-26-13-16-28-17-14-26/h2-12H,1,13-19H2,(H,25,27)/b12-9+. The second kappa shape index (κ2) is 11.2. The van der Waals surface area contributed by atoms with Gasteiger partial charge in [0.1, 0.15) is 12.4 Å².